The summed E-state index contributed by atoms with van der Waals surface area (Å²) in [5.74, 6) is 0.616. The maximum Gasteiger partial charge on any atom is 0.165 e. The van der Waals surface area contributed by atoms with Crippen LogP contribution in [0.15, 0.2) is 18.3 Å². The van der Waals surface area contributed by atoms with Gasteiger partial charge in [0.1, 0.15) is 9.84 Å². The molecule has 0 spiro atoms. The van der Waals surface area contributed by atoms with Crippen molar-refractivity contribution in [2.45, 2.75) is 12.8 Å². The minimum absolute atomic E-state index is 0.237. The van der Waals surface area contributed by atoms with Crippen LogP contribution in [0.3, 0.4) is 0 Å². The average molecular weight is 258 g/mol. The van der Waals surface area contributed by atoms with E-state index in [0.717, 1.165) is 0 Å². The lowest BCUT2D eigenvalue weighted by atomic mass is 10.0. The number of pyridine rings is 1. The summed E-state index contributed by atoms with van der Waals surface area (Å²) in [6.07, 6.45) is 2.81. The molecule has 94 valence electrons. The van der Waals surface area contributed by atoms with Crippen LogP contribution >= 0.6 is 0 Å². The van der Waals surface area contributed by atoms with Crippen LogP contribution in [-0.4, -0.2) is 31.5 Å². The lowest BCUT2D eigenvalue weighted by molar-refractivity contribution is 0.482. The summed E-state index contributed by atoms with van der Waals surface area (Å²) in [6.45, 7) is 0.573. The number of halogens is 1. The molecule has 0 aromatic carbocycles. The molecule has 0 aliphatic carbocycles. The summed E-state index contributed by atoms with van der Waals surface area (Å²) in [7, 11) is -2.82. The van der Waals surface area contributed by atoms with Crippen molar-refractivity contribution in [1.29, 1.82) is 0 Å². The van der Waals surface area contributed by atoms with E-state index in [0.29, 0.717) is 19.4 Å². The molecule has 1 N–H and O–H groups in total. The van der Waals surface area contributed by atoms with Crippen LogP contribution in [-0.2, 0) is 9.84 Å². The third-order valence-electron chi connectivity index (χ3n) is 2.99. The molecule has 1 aliphatic rings. The lowest BCUT2D eigenvalue weighted by Gasteiger charge is -2.22. The molecule has 0 radical (unpaired) electrons. The molecule has 2 rings (SSSR count). The van der Waals surface area contributed by atoms with Crippen molar-refractivity contribution in [3.05, 3.63) is 24.1 Å². The first-order valence-corrected chi connectivity index (χ1v) is 7.44. The highest BCUT2D eigenvalue weighted by atomic mass is 32.2. The third kappa shape index (κ3) is 3.39. The van der Waals surface area contributed by atoms with E-state index in [9.17, 15) is 12.8 Å². The van der Waals surface area contributed by atoms with Crippen LogP contribution < -0.4 is 5.32 Å². The third-order valence-corrected chi connectivity index (χ3v) is 4.71. The Morgan fingerprint density at radius 2 is 2.12 bits per heavy atom. The molecular formula is C11H15FN2O2S. The van der Waals surface area contributed by atoms with Gasteiger partial charge in [-0.25, -0.2) is 17.8 Å². The molecule has 1 fully saturated rings. The van der Waals surface area contributed by atoms with E-state index in [1.165, 1.54) is 18.3 Å². The first-order chi connectivity index (χ1) is 8.07. The maximum absolute atomic E-state index is 13.2. The normalized spacial score (nSPS) is 20.1. The highest BCUT2D eigenvalue weighted by Gasteiger charge is 2.23. The smallest absolute Gasteiger partial charge is 0.165 e. The highest BCUT2D eigenvalue weighted by molar-refractivity contribution is 7.91. The standard InChI is InChI=1S/C11H15FN2O2S/c12-10-2-1-5-13-11(10)14-8-9-3-6-17(15,16)7-4-9/h1-2,5,9H,3-4,6-8H2,(H,13,14). The van der Waals surface area contributed by atoms with E-state index in [1.54, 1.807) is 0 Å². The van der Waals surface area contributed by atoms with Crippen molar-refractivity contribution in [2.24, 2.45) is 5.92 Å². The Morgan fingerprint density at radius 3 is 2.76 bits per heavy atom. The number of nitrogens with zero attached hydrogens (tertiary/aromatic N) is 1. The number of anilines is 1. The van der Waals surface area contributed by atoms with Crippen molar-refractivity contribution < 1.29 is 12.8 Å². The molecular weight excluding hydrogens is 243 g/mol. The fraction of sp³-hybridized carbons (Fsp3) is 0.545. The minimum Gasteiger partial charge on any atom is -0.367 e. The number of nitrogens with one attached hydrogen (secondary N) is 1. The van der Waals surface area contributed by atoms with Gasteiger partial charge in [-0.3, -0.25) is 0 Å². The van der Waals surface area contributed by atoms with Crippen molar-refractivity contribution in [1.82, 2.24) is 4.98 Å². The zero-order chi connectivity index (χ0) is 12.3. The molecule has 1 aliphatic heterocycles. The quantitative estimate of drug-likeness (QED) is 0.891. The van der Waals surface area contributed by atoms with Gasteiger partial charge in [0.15, 0.2) is 11.6 Å². The molecule has 6 heteroatoms. The van der Waals surface area contributed by atoms with Crippen molar-refractivity contribution in [3.8, 4) is 0 Å². The molecule has 0 bridgehead atoms. The predicted octanol–water partition coefficient (Wildman–Crippen LogP) is 1.46. The van der Waals surface area contributed by atoms with E-state index in [-0.39, 0.29) is 29.1 Å². The lowest BCUT2D eigenvalue weighted by Crippen LogP contribution is -2.27. The zero-order valence-corrected chi connectivity index (χ0v) is 10.2. The summed E-state index contributed by atoms with van der Waals surface area (Å²) in [5, 5.41) is 2.93. The maximum atomic E-state index is 13.2. The fourth-order valence-electron chi connectivity index (χ4n) is 1.90. The van der Waals surface area contributed by atoms with Crippen LogP contribution in [0, 0.1) is 11.7 Å². The van der Waals surface area contributed by atoms with Gasteiger partial charge < -0.3 is 5.32 Å². The number of aromatic nitrogens is 1. The van der Waals surface area contributed by atoms with Gasteiger partial charge in [0.25, 0.3) is 0 Å². The van der Waals surface area contributed by atoms with Crippen molar-refractivity contribution in [2.75, 3.05) is 23.4 Å². The summed E-state index contributed by atoms with van der Waals surface area (Å²) in [4.78, 5) is 3.89. The SMILES string of the molecule is O=S1(=O)CCC(CNc2ncccc2F)CC1. The molecule has 0 saturated carbocycles. The van der Waals surface area contributed by atoms with Crippen LogP contribution in [0.2, 0.25) is 0 Å². The first kappa shape index (κ1) is 12.3. The van der Waals surface area contributed by atoms with Gasteiger partial charge in [-0.05, 0) is 30.9 Å². The Bertz CT molecular complexity index is 476. The van der Waals surface area contributed by atoms with E-state index >= 15 is 0 Å². The average Bonchev–Trinajstić information content (AvgIpc) is 2.30. The van der Waals surface area contributed by atoms with Crippen molar-refractivity contribution >= 4 is 15.7 Å². The Labute approximate surface area is 100 Å². The molecule has 17 heavy (non-hydrogen) atoms. The van der Waals surface area contributed by atoms with Crippen molar-refractivity contribution in [3.63, 3.8) is 0 Å². The van der Waals surface area contributed by atoms with E-state index in [2.05, 4.69) is 10.3 Å². The van der Waals surface area contributed by atoms with Gasteiger partial charge in [0.2, 0.25) is 0 Å². The Morgan fingerprint density at radius 1 is 1.41 bits per heavy atom. The predicted molar refractivity (Wildman–Crippen MR) is 64.1 cm³/mol. The van der Waals surface area contributed by atoms with Gasteiger partial charge in [-0.1, -0.05) is 0 Å². The summed E-state index contributed by atoms with van der Waals surface area (Å²) in [6, 6.07) is 2.88. The molecule has 0 unspecified atom stereocenters. The van der Waals surface area contributed by atoms with Gasteiger partial charge in [-0.2, -0.15) is 0 Å². The molecule has 1 aromatic heterocycles. The topological polar surface area (TPSA) is 59.1 Å². The Hall–Kier alpha value is -1.17. The second-order valence-corrected chi connectivity index (χ2v) is 6.61. The Kier molecular flexibility index (Phi) is 3.61. The largest absolute Gasteiger partial charge is 0.367 e. The van der Waals surface area contributed by atoms with E-state index < -0.39 is 9.84 Å². The summed E-state index contributed by atoms with van der Waals surface area (Å²) >= 11 is 0. The molecule has 2 heterocycles. The zero-order valence-electron chi connectivity index (χ0n) is 9.39. The van der Waals surface area contributed by atoms with E-state index in [4.69, 9.17) is 0 Å². The molecule has 1 saturated heterocycles. The minimum atomic E-state index is -2.82. The monoisotopic (exact) mass is 258 g/mol. The highest BCUT2D eigenvalue weighted by Crippen LogP contribution is 2.19. The van der Waals surface area contributed by atoms with Gasteiger partial charge in [0, 0.05) is 12.7 Å². The van der Waals surface area contributed by atoms with Gasteiger partial charge in [0.05, 0.1) is 11.5 Å². The Balaban J connectivity index is 1.86. The number of hydrogen-bond donors (Lipinski definition) is 1. The van der Waals surface area contributed by atoms with Crippen LogP contribution in [0.5, 0.6) is 0 Å². The van der Waals surface area contributed by atoms with Crippen LogP contribution in [0.4, 0.5) is 10.2 Å². The first-order valence-electron chi connectivity index (χ1n) is 5.62. The second kappa shape index (κ2) is 5.00. The number of hydrogen-bond acceptors (Lipinski definition) is 4. The van der Waals surface area contributed by atoms with Crippen LogP contribution in [0.25, 0.3) is 0 Å². The molecule has 1 aromatic rings. The summed E-state index contributed by atoms with van der Waals surface area (Å²) < 4.78 is 35.7. The summed E-state index contributed by atoms with van der Waals surface area (Å²) in [5.41, 5.74) is 0. The molecule has 0 amide bonds. The fourth-order valence-corrected chi connectivity index (χ4v) is 3.49. The van der Waals surface area contributed by atoms with E-state index in [1.807, 2.05) is 0 Å². The molecule has 0 atom stereocenters. The number of rotatable bonds is 3. The van der Waals surface area contributed by atoms with Crippen LogP contribution in [0.1, 0.15) is 12.8 Å². The van der Waals surface area contributed by atoms with Gasteiger partial charge >= 0.3 is 0 Å². The number of sulfone groups is 1. The molecule has 4 nitrogen and oxygen atoms in total. The van der Waals surface area contributed by atoms with Gasteiger partial charge in [-0.15, -0.1) is 0 Å². The second-order valence-electron chi connectivity index (χ2n) is 4.31.